The Balaban J connectivity index is 2.66. The van der Waals surface area contributed by atoms with E-state index in [0.29, 0.717) is 0 Å². The maximum absolute atomic E-state index is 6.01. The molecule has 0 atom stereocenters. The van der Waals surface area contributed by atoms with E-state index in [1.165, 1.54) is 18.4 Å². The zero-order chi connectivity index (χ0) is 9.84. The van der Waals surface area contributed by atoms with Crippen molar-refractivity contribution in [3.05, 3.63) is 35.2 Å². The lowest BCUT2D eigenvalue weighted by Crippen LogP contribution is -2.20. The van der Waals surface area contributed by atoms with Gasteiger partial charge in [0.15, 0.2) is 0 Å². The van der Waals surface area contributed by atoms with Gasteiger partial charge in [-0.2, -0.15) is 0 Å². The van der Waals surface area contributed by atoms with Gasteiger partial charge in [0.25, 0.3) is 0 Å². The fourth-order valence-corrected chi connectivity index (χ4v) is 1.59. The maximum Gasteiger partial charge on any atom is 0.0639 e. The smallest absolute Gasteiger partial charge is 0.0639 e. The fourth-order valence-electron chi connectivity index (χ4n) is 1.31. The van der Waals surface area contributed by atoms with E-state index < -0.39 is 0 Å². The van der Waals surface area contributed by atoms with Crippen LogP contribution < -0.4 is 0 Å². The minimum atomic E-state index is 0.760. The zero-order valence-electron chi connectivity index (χ0n) is 8.31. The van der Waals surface area contributed by atoms with E-state index in [4.69, 9.17) is 11.6 Å². The molecule has 1 nitrogen and oxygen atoms in total. The van der Waals surface area contributed by atoms with Gasteiger partial charge in [-0.25, -0.2) is 0 Å². The second kappa shape index (κ2) is 4.52. The van der Waals surface area contributed by atoms with E-state index in [2.05, 4.69) is 24.6 Å². The van der Waals surface area contributed by atoms with Crippen molar-refractivity contribution in [1.29, 1.82) is 0 Å². The number of halogens is 1. The molecule has 0 bridgehead atoms. The van der Waals surface area contributed by atoms with Crippen molar-refractivity contribution < 1.29 is 0 Å². The molecule has 0 aromatic heterocycles. The number of rotatable bonds is 3. The van der Waals surface area contributed by atoms with Crippen molar-refractivity contribution in [3.8, 4) is 0 Å². The molecule has 0 radical (unpaired) electrons. The third-order valence-electron chi connectivity index (χ3n) is 2.09. The number of hydrogen-bond donors (Lipinski definition) is 0. The number of nitrogens with zero attached hydrogens (tertiary/aromatic N) is 1. The van der Waals surface area contributed by atoms with Crippen LogP contribution in [0.4, 0.5) is 0 Å². The molecule has 1 aliphatic rings. The first-order chi connectivity index (χ1) is 6.15. The van der Waals surface area contributed by atoms with Crippen LogP contribution in [0.25, 0.3) is 0 Å². The Labute approximate surface area is 85.4 Å². The molecule has 0 aromatic rings. The minimum absolute atomic E-state index is 0.760. The molecular weight excluding hydrogens is 182 g/mol. The van der Waals surface area contributed by atoms with Gasteiger partial charge < -0.3 is 4.90 Å². The molecule has 0 unspecified atom stereocenters. The Hall–Kier alpha value is -0.690. The average molecular weight is 198 g/mol. The Morgan fingerprint density at radius 3 is 2.85 bits per heavy atom. The van der Waals surface area contributed by atoms with E-state index in [-0.39, 0.29) is 0 Å². The van der Waals surface area contributed by atoms with Crippen LogP contribution in [-0.2, 0) is 0 Å². The van der Waals surface area contributed by atoms with Gasteiger partial charge in [0, 0.05) is 12.7 Å². The van der Waals surface area contributed by atoms with Crippen molar-refractivity contribution in [2.75, 3.05) is 6.54 Å². The van der Waals surface area contributed by atoms with Crippen molar-refractivity contribution in [2.45, 2.75) is 26.7 Å². The summed E-state index contributed by atoms with van der Waals surface area (Å²) in [6.07, 6.45) is 6.42. The molecule has 1 rings (SSSR count). The quantitative estimate of drug-likeness (QED) is 0.668. The van der Waals surface area contributed by atoms with E-state index in [1.807, 2.05) is 13.0 Å². The molecule has 13 heavy (non-hydrogen) atoms. The predicted molar refractivity (Wildman–Crippen MR) is 58.4 cm³/mol. The molecule has 2 heteroatoms. The fraction of sp³-hybridized carbons (Fsp3) is 0.455. The highest BCUT2D eigenvalue weighted by Gasteiger charge is 2.12. The van der Waals surface area contributed by atoms with Crippen LogP contribution in [0.1, 0.15) is 26.7 Å². The van der Waals surface area contributed by atoms with Gasteiger partial charge in [-0.1, -0.05) is 31.5 Å². The molecule has 1 heterocycles. The Morgan fingerprint density at radius 2 is 2.23 bits per heavy atom. The Morgan fingerprint density at radius 1 is 1.54 bits per heavy atom. The summed E-state index contributed by atoms with van der Waals surface area (Å²) in [5, 5.41) is 0.760. The first kappa shape index (κ1) is 10.4. The lowest BCUT2D eigenvalue weighted by Gasteiger charge is -2.26. The second-order valence-electron chi connectivity index (χ2n) is 3.36. The summed E-state index contributed by atoms with van der Waals surface area (Å²) in [5.41, 5.74) is 2.11. The molecule has 1 aliphatic heterocycles. The number of unbranched alkanes of at least 4 members (excludes halogenated alkanes) is 1. The SMILES string of the molecule is C=C1C(Cl)=CC(C)=CN1CCCC. The normalized spacial score (nSPS) is 17.2. The average Bonchev–Trinajstić information content (AvgIpc) is 2.09. The van der Waals surface area contributed by atoms with Crippen molar-refractivity contribution >= 4 is 11.6 Å². The van der Waals surface area contributed by atoms with Crippen LogP contribution >= 0.6 is 11.6 Å². The molecule has 0 amide bonds. The van der Waals surface area contributed by atoms with Crippen molar-refractivity contribution in [1.82, 2.24) is 4.90 Å². The summed E-state index contributed by atoms with van der Waals surface area (Å²) in [6, 6.07) is 0. The lowest BCUT2D eigenvalue weighted by molar-refractivity contribution is 0.454. The maximum atomic E-state index is 6.01. The van der Waals surface area contributed by atoms with Crippen LogP contribution in [0.3, 0.4) is 0 Å². The monoisotopic (exact) mass is 197 g/mol. The minimum Gasteiger partial charge on any atom is -0.347 e. The topological polar surface area (TPSA) is 3.24 Å². The van der Waals surface area contributed by atoms with Gasteiger partial charge in [-0.05, 0) is 25.0 Å². The van der Waals surface area contributed by atoms with Crippen LogP contribution in [-0.4, -0.2) is 11.4 Å². The first-order valence-corrected chi connectivity index (χ1v) is 5.04. The van der Waals surface area contributed by atoms with Crippen LogP contribution in [0, 0.1) is 0 Å². The standard InChI is InChI=1S/C11H16ClN/c1-4-5-6-13-8-9(2)7-11(12)10(13)3/h7-8H,3-6H2,1-2H3. The third-order valence-corrected chi connectivity index (χ3v) is 2.42. The van der Waals surface area contributed by atoms with Gasteiger partial charge in [-0.15, -0.1) is 0 Å². The first-order valence-electron chi connectivity index (χ1n) is 4.66. The molecule has 0 saturated carbocycles. The third kappa shape index (κ3) is 2.63. The van der Waals surface area contributed by atoms with Gasteiger partial charge in [0.1, 0.15) is 0 Å². The van der Waals surface area contributed by atoms with Crippen molar-refractivity contribution in [2.24, 2.45) is 0 Å². The summed E-state index contributed by atoms with van der Waals surface area (Å²) in [6.45, 7) is 9.19. The Bertz CT molecular complexity index is 263. The molecule has 0 saturated heterocycles. The van der Waals surface area contributed by atoms with Gasteiger partial charge in [0.2, 0.25) is 0 Å². The highest BCUT2D eigenvalue weighted by Crippen LogP contribution is 2.25. The van der Waals surface area contributed by atoms with Gasteiger partial charge >= 0.3 is 0 Å². The molecule has 0 fully saturated rings. The highest BCUT2D eigenvalue weighted by atomic mass is 35.5. The van der Waals surface area contributed by atoms with E-state index in [9.17, 15) is 0 Å². The van der Waals surface area contributed by atoms with E-state index >= 15 is 0 Å². The molecule has 72 valence electrons. The van der Waals surface area contributed by atoms with E-state index in [0.717, 1.165) is 17.3 Å². The number of allylic oxidation sites excluding steroid dienone is 3. The second-order valence-corrected chi connectivity index (χ2v) is 3.77. The van der Waals surface area contributed by atoms with Crippen molar-refractivity contribution in [3.63, 3.8) is 0 Å². The molecule has 0 aliphatic carbocycles. The predicted octanol–water partition coefficient (Wildman–Crippen LogP) is 3.64. The summed E-state index contributed by atoms with van der Waals surface area (Å²) in [5.74, 6) is 0. The van der Waals surface area contributed by atoms with Crippen LogP contribution in [0.2, 0.25) is 0 Å². The van der Waals surface area contributed by atoms with E-state index in [1.54, 1.807) is 0 Å². The molecule has 0 spiro atoms. The van der Waals surface area contributed by atoms with Crippen LogP contribution in [0.15, 0.2) is 35.2 Å². The molecular formula is C11H16ClN. The Kier molecular flexibility index (Phi) is 3.61. The lowest BCUT2D eigenvalue weighted by atomic mass is 10.2. The molecule has 0 N–H and O–H groups in total. The summed E-state index contributed by atoms with van der Waals surface area (Å²) < 4.78 is 0. The largest absolute Gasteiger partial charge is 0.347 e. The highest BCUT2D eigenvalue weighted by molar-refractivity contribution is 6.32. The molecule has 0 aromatic carbocycles. The summed E-state index contributed by atoms with van der Waals surface area (Å²) in [4.78, 5) is 2.13. The number of hydrogen-bond acceptors (Lipinski definition) is 1. The van der Waals surface area contributed by atoms with Gasteiger partial charge in [-0.3, -0.25) is 0 Å². The van der Waals surface area contributed by atoms with Crippen LogP contribution in [0.5, 0.6) is 0 Å². The summed E-state index contributed by atoms with van der Waals surface area (Å²) in [7, 11) is 0. The zero-order valence-corrected chi connectivity index (χ0v) is 9.06. The van der Waals surface area contributed by atoms with Gasteiger partial charge in [0.05, 0.1) is 10.7 Å². The summed E-state index contributed by atoms with van der Waals surface area (Å²) >= 11 is 6.01.